The largest absolute Gasteiger partial charge is 0.472 e. The van der Waals surface area contributed by atoms with Gasteiger partial charge in [-0.2, -0.15) is 0 Å². The molecule has 0 saturated carbocycles. The molecule has 0 amide bonds. The van der Waals surface area contributed by atoms with E-state index in [1.165, 1.54) is 7.11 Å². The van der Waals surface area contributed by atoms with Crippen LogP contribution in [-0.2, 0) is 18.3 Å². The minimum absolute atomic E-state index is 0.0377. The Morgan fingerprint density at radius 2 is 1.95 bits per heavy atom. The topological polar surface area (TPSA) is 85.2 Å². The van der Waals surface area contributed by atoms with E-state index in [1.807, 2.05) is 13.8 Å². The molecule has 0 bridgehead atoms. The smallest absolute Gasteiger partial charge is 0.390 e. The van der Waals surface area contributed by atoms with Crippen LogP contribution in [0.25, 0.3) is 0 Å². The summed E-state index contributed by atoms with van der Waals surface area (Å²) < 4.78 is 26.4. The Bertz CT molecular complexity index is 305. The van der Waals surface area contributed by atoms with Crippen LogP contribution in [0.2, 0.25) is 0 Å². The molecular weight excluding hydrogens is 271 g/mol. The Kier molecular flexibility index (Phi) is 6.94. The number of hydrogen-bond donors (Lipinski definition) is 2. The molecule has 0 aromatic carbocycles. The molecule has 7 heteroatoms. The van der Waals surface area contributed by atoms with Crippen molar-refractivity contribution in [3.8, 4) is 0 Å². The first-order valence-electron chi connectivity index (χ1n) is 6.81. The van der Waals surface area contributed by atoms with Gasteiger partial charge in [0.15, 0.2) is 0 Å². The van der Waals surface area contributed by atoms with E-state index in [9.17, 15) is 14.6 Å². The molecule has 2 N–H and O–H groups in total. The maximum Gasteiger partial charge on any atom is 0.472 e. The lowest BCUT2D eigenvalue weighted by atomic mass is 9.88. The quantitative estimate of drug-likeness (QED) is 0.700. The van der Waals surface area contributed by atoms with Crippen molar-refractivity contribution in [1.29, 1.82) is 0 Å². The molecule has 1 rings (SSSR count). The van der Waals surface area contributed by atoms with Gasteiger partial charge in [-0.05, 0) is 18.8 Å². The summed E-state index contributed by atoms with van der Waals surface area (Å²) in [5.41, 5.74) is 0. The summed E-state index contributed by atoms with van der Waals surface area (Å²) in [4.78, 5) is 9.39. The van der Waals surface area contributed by atoms with E-state index in [1.54, 1.807) is 0 Å². The lowest BCUT2D eigenvalue weighted by molar-refractivity contribution is -0.130. The summed E-state index contributed by atoms with van der Waals surface area (Å²) in [6, 6.07) is 0. The van der Waals surface area contributed by atoms with Gasteiger partial charge in [-0.15, -0.1) is 0 Å². The van der Waals surface area contributed by atoms with Gasteiger partial charge in [0.05, 0.1) is 12.7 Å². The second kappa shape index (κ2) is 7.72. The molecule has 6 nitrogen and oxygen atoms in total. The maximum atomic E-state index is 11.5. The van der Waals surface area contributed by atoms with Crippen LogP contribution in [0.3, 0.4) is 0 Å². The SMILES string of the molecule is CCCC(CCC)C(O)C1OP(=O)(O)OCC1OC. The molecule has 1 aliphatic heterocycles. The second-order valence-corrected chi connectivity index (χ2v) is 6.34. The van der Waals surface area contributed by atoms with Gasteiger partial charge in [-0.1, -0.05) is 26.7 Å². The third-order valence-electron chi connectivity index (χ3n) is 3.46. The molecular formula is C12H25O6P. The third kappa shape index (κ3) is 4.81. The van der Waals surface area contributed by atoms with Crippen LogP contribution in [0, 0.1) is 5.92 Å². The van der Waals surface area contributed by atoms with Gasteiger partial charge >= 0.3 is 7.82 Å². The highest BCUT2D eigenvalue weighted by molar-refractivity contribution is 7.47. The zero-order valence-corrected chi connectivity index (χ0v) is 12.7. The van der Waals surface area contributed by atoms with Crippen molar-refractivity contribution in [1.82, 2.24) is 0 Å². The zero-order valence-electron chi connectivity index (χ0n) is 11.8. The van der Waals surface area contributed by atoms with E-state index in [-0.39, 0.29) is 12.5 Å². The highest BCUT2D eigenvalue weighted by atomic mass is 31.2. The maximum absolute atomic E-state index is 11.5. The van der Waals surface area contributed by atoms with Crippen molar-refractivity contribution in [2.24, 2.45) is 5.92 Å². The molecule has 0 radical (unpaired) electrons. The van der Waals surface area contributed by atoms with Crippen molar-refractivity contribution in [3.05, 3.63) is 0 Å². The van der Waals surface area contributed by atoms with Gasteiger partial charge in [0, 0.05) is 7.11 Å². The standard InChI is InChI=1S/C12H25O6P/c1-4-6-9(7-5-2)11(13)12-10(16-3)8-17-19(14,15)18-12/h9-13H,4-8H2,1-3H3,(H,14,15). The number of phosphoric ester groups is 1. The Morgan fingerprint density at radius 1 is 1.37 bits per heavy atom. The Morgan fingerprint density at radius 3 is 2.42 bits per heavy atom. The number of ether oxygens (including phenoxy) is 1. The molecule has 0 aliphatic carbocycles. The summed E-state index contributed by atoms with van der Waals surface area (Å²) in [6.07, 6.45) is 1.41. The minimum atomic E-state index is -4.06. The van der Waals surface area contributed by atoms with Crippen LogP contribution < -0.4 is 0 Å². The summed E-state index contributed by atoms with van der Waals surface area (Å²) in [6.45, 7) is 4.05. The molecule has 1 aliphatic rings. The normalized spacial score (nSPS) is 33.6. The van der Waals surface area contributed by atoms with Crippen LogP contribution >= 0.6 is 7.82 Å². The van der Waals surface area contributed by atoms with Crippen molar-refractivity contribution in [3.63, 3.8) is 0 Å². The van der Waals surface area contributed by atoms with E-state index in [4.69, 9.17) is 13.8 Å². The first-order chi connectivity index (χ1) is 8.95. The highest BCUT2D eigenvalue weighted by Crippen LogP contribution is 2.49. The molecule has 4 unspecified atom stereocenters. The number of hydrogen-bond acceptors (Lipinski definition) is 5. The average molecular weight is 296 g/mol. The van der Waals surface area contributed by atoms with Crippen LogP contribution in [0.15, 0.2) is 0 Å². The van der Waals surface area contributed by atoms with Crippen LogP contribution in [0.4, 0.5) is 0 Å². The predicted octanol–water partition coefficient (Wildman–Crippen LogP) is 2.09. The van der Waals surface area contributed by atoms with E-state index >= 15 is 0 Å². The molecule has 1 heterocycles. The van der Waals surface area contributed by atoms with Crippen molar-refractivity contribution >= 4 is 7.82 Å². The number of methoxy groups -OCH3 is 1. The Hall–Kier alpha value is 0.0300. The number of aliphatic hydroxyl groups is 1. The van der Waals surface area contributed by atoms with Crippen LogP contribution in [0.5, 0.6) is 0 Å². The minimum Gasteiger partial charge on any atom is -0.390 e. The molecule has 0 aromatic rings. The van der Waals surface area contributed by atoms with E-state index < -0.39 is 26.1 Å². The van der Waals surface area contributed by atoms with Crippen molar-refractivity contribution in [2.45, 2.75) is 57.8 Å². The molecule has 0 aromatic heterocycles. The molecule has 1 saturated heterocycles. The summed E-state index contributed by atoms with van der Waals surface area (Å²) in [7, 11) is -2.59. The first kappa shape index (κ1) is 17.1. The molecule has 114 valence electrons. The van der Waals surface area contributed by atoms with E-state index in [2.05, 4.69) is 0 Å². The van der Waals surface area contributed by atoms with Gasteiger partial charge in [0.2, 0.25) is 0 Å². The number of phosphoric acid groups is 1. The van der Waals surface area contributed by atoms with Gasteiger partial charge in [-0.3, -0.25) is 9.05 Å². The molecule has 19 heavy (non-hydrogen) atoms. The first-order valence-corrected chi connectivity index (χ1v) is 8.31. The summed E-state index contributed by atoms with van der Waals surface area (Å²) >= 11 is 0. The van der Waals surface area contributed by atoms with Crippen LogP contribution in [-0.4, -0.2) is 42.0 Å². The van der Waals surface area contributed by atoms with Crippen molar-refractivity contribution in [2.75, 3.05) is 13.7 Å². The second-order valence-electron chi connectivity index (χ2n) is 4.94. The van der Waals surface area contributed by atoms with E-state index in [0.29, 0.717) is 0 Å². The lowest BCUT2D eigenvalue weighted by Crippen LogP contribution is -2.48. The fraction of sp³-hybridized carbons (Fsp3) is 1.00. The summed E-state index contributed by atoms with van der Waals surface area (Å²) in [5.74, 6) is 0.0377. The fourth-order valence-electron chi connectivity index (χ4n) is 2.49. The van der Waals surface area contributed by atoms with Gasteiger partial charge < -0.3 is 14.7 Å². The highest BCUT2D eigenvalue weighted by Gasteiger charge is 2.44. The summed E-state index contributed by atoms with van der Waals surface area (Å²) in [5, 5.41) is 10.4. The molecule has 1 fully saturated rings. The molecule has 0 spiro atoms. The van der Waals surface area contributed by atoms with Gasteiger partial charge in [0.25, 0.3) is 0 Å². The Labute approximate surface area is 114 Å². The average Bonchev–Trinajstić information content (AvgIpc) is 2.37. The number of aliphatic hydroxyl groups excluding tert-OH is 1. The lowest BCUT2D eigenvalue weighted by Gasteiger charge is -2.37. The number of rotatable bonds is 7. The molecule has 4 atom stereocenters. The monoisotopic (exact) mass is 296 g/mol. The van der Waals surface area contributed by atoms with Gasteiger partial charge in [-0.25, -0.2) is 4.57 Å². The zero-order chi connectivity index (χ0) is 14.5. The van der Waals surface area contributed by atoms with Crippen molar-refractivity contribution < 1.29 is 28.3 Å². The third-order valence-corrected chi connectivity index (χ3v) is 4.45. The fourth-order valence-corrected chi connectivity index (χ4v) is 3.46. The predicted molar refractivity (Wildman–Crippen MR) is 70.8 cm³/mol. The Balaban J connectivity index is 2.78. The van der Waals surface area contributed by atoms with E-state index in [0.717, 1.165) is 25.7 Å². The van der Waals surface area contributed by atoms with Crippen LogP contribution in [0.1, 0.15) is 39.5 Å². The van der Waals surface area contributed by atoms with Gasteiger partial charge in [0.1, 0.15) is 12.2 Å².